The van der Waals surface area contributed by atoms with E-state index >= 15 is 0 Å². The van der Waals surface area contributed by atoms with Gasteiger partial charge in [-0.2, -0.15) is 0 Å². The van der Waals surface area contributed by atoms with E-state index < -0.39 is 6.17 Å². The van der Waals surface area contributed by atoms with Crippen LogP contribution in [0.1, 0.15) is 13.8 Å². The zero-order valence-electron chi connectivity index (χ0n) is 14.1. The number of aliphatic imine (C=N–C) groups is 1. The number of halogens is 2. The standard InChI is InChI=1S/C17H24ClFN4O/c1-12(19)7-21-8-14(6-15(18)11-24)9-22-10-16-13(2)23-5-4-17(16)20-3/h4-6,8,10-12,17,20-21,23H,7,9H2,1-3H3. The van der Waals surface area contributed by atoms with Crippen molar-refractivity contribution in [3.8, 4) is 0 Å². The van der Waals surface area contributed by atoms with Crippen LogP contribution in [0.15, 0.2) is 51.4 Å². The number of hydrogen-bond donors (Lipinski definition) is 3. The van der Waals surface area contributed by atoms with Crippen molar-refractivity contribution in [3.05, 3.63) is 46.4 Å². The van der Waals surface area contributed by atoms with Crippen molar-refractivity contribution < 1.29 is 9.18 Å². The number of likely N-dealkylation sites (N-methyl/N-ethyl adjacent to an activating group) is 1. The van der Waals surface area contributed by atoms with Crippen LogP contribution in [0.25, 0.3) is 0 Å². The lowest BCUT2D eigenvalue weighted by molar-refractivity contribution is -0.104. The van der Waals surface area contributed by atoms with Gasteiger partial charge in [-0.3, -0.25) is 9.79 Å². The van der Waals surface area contributed by atoms with Crippen molar-refractivity contribution in [2.75, 3.05) is 20.1 Å². The Kier molecular flexibility index (Phi) is 9.04. The molecule has 1 aliphatic heterocycles. The van der Waals surface area contributed by atoms with E-state index in [0.29, 0.717) is 18.4 Å². The van der Waals surface area contributed by atoms with Crippen LogP contribution >= 0.6 is 11.6 Å². The first kappa shape index (κ1) is 20.1. The molecule has 0 fully saturated rings. The summed E-state index contributed by atoms with van der Waals surface area (Å²) in [6, 6.07) is 0.0852. The molecule has 1 aliphatic rings. The maximum atomic E-state index is 12.9. The molecule has 0 aromatic carbocycles. The summed E-state index contributed by atoms with van der Waals surface area (Å²) < 4.78 is 12.9. The first-order chi connectivity index (χ1) is 11.5. The van der Waals surface area contributed by atoms with Crippen molar-refractivity contribution >= 4 is 24.1 Å². The molecule has 0 bridgehead atoms. The van der Waals surface area contributed by atoms with Crippen LogP contribution in [0.4, 0.5) is 4.39 Å². The zero-order chi connectivity index (χ0) is 17.9. The Morgan fingerprint density at radius 1 is 1.58 bits per heavy atom. The molecule has 7 heteroatoms. The van der Waals surface area contributed by atoms with Gasteiger partial charge in [-0.05, 0) is 44.8 Å². The number of nitrogens with zero attached hydrogens (tertiary/aromatic N) is 1. The number of carbonyl (C=O) groups is 1. The molecule has 24 heavy (non-hydrogen) atoms. The minimum atomic E-state index is -0.971. The van der Waals surface area contributed by atoms with E-state index in [1.54, 1.807) is 12.4 Å². The molecule has 3 N–H and O–H groups in total. The molecule has 0 aromatic rings. The molecular formula is C17H24ClFN4O. The highest BCUT2D eigenvalue weighted by molar-refractivity contribution is 6.38. The minimum Gasteiger partial charge on any atom is -0.388 e. The van der Waals surface area contributed by atoms with Crippen molar-refractivity contribution in [2.24, 2.45) is 4.99 Å². The van der Waals surface area contributed by atoms with Gasteiger partial charge in [0.2, 0.25) is 0 Å². The molecule has 132 valence electrons. The lowest BCUT2D eigenvalue weighted by Crippen LogP contribution is -2.31. The van der Waals surface area contributed by atoms with E-state index in [4.69, 9.17) is 11.6 Å². The van der Waals surface area contributed by atoms with E-state index in [2.05, 4.69) is 20.9 Å². The van der Waals surface area contributed by atoms with Gasteiger partial charge in [0, 0.05) is 30.2 Å². The summed E-state index contributed by atoms with van der Waals surface area (Å²) >= 11 is 5.76. The Labute approximate surface area is 147 Å². The summed E-state index contributed by atoms with van der Waals surface area (Å²) in [5.74, 6) is 0. The van der Waals surface area contributed by atoms with Gasteiger partial charge in [0.05, 0.1) is 17.6 Å². The topological polar surface area (TPSA) is 65.5 Å². The monoisotopic (exact) mass is 354 g/mol. The number of rotatable bonds is 9. The summed E-state index contributed by atoms with van der Waals surface area (Å²) in [5, 5.41) is 9.25. The first-order valence-corrected chi connectivity index (χ1v) is 8.05. The third kappa shape index (κ3) is 7.10. The summed E-state index contributed by atoms with van der Waals surface area (Å²) in [6.07, 6.45) is 8.37. The molecule has 0 saturated heterocycles. The largest absolute Gasteiger partial charge is 0.388 e. The van der Waals surface area contributed by atoms with Crippen molar-refractivity contribution in [2.45, 2.75) is 26.1 Å². The van der Waals surface area contributed by atoms with E-state index in [1.165, 1.54) is 13.0 Å². The van der Waals surface area contributed by atoms with Crippen LogP contribution < -0.4 is 16.0 Å². The average molecular weight is 355 g/mol. The number of alkyl halides is 1. The number of dihydropyridines is 1. The molecule has 0 spiro atoms. The zero-order valence-corrected chi connectivity index (χ0v) is 14.9. The number of carbonyl (C=O) groups excluding carboxylic acids is 1. The lowest BCUT2D eigenvalue weighted by atomic mass is 10.0. The van der Waals surface area contributed by atoms with Gasteiger partial charge in [0.1, 0.15) is 6.17 Å². The molecule has 0 amide bonds. The maximum Gasteiger partial charge on any atom is 0.161 e. The average Bonchev–Trinajstić information content (AvgIpc) is 2.55. The highest BCUT2D eigenvalue weighted by atomic mass is 35.5. The molecule has 0 aromatic heterocycles. The Morgan fingerprint density at radius 3 is 2.96 bits per heavy atom. The quantitative estimate of drug-likeness (QED) is 0.257. The van der Waals surface area contributed by atoms with Gasteiger partial charge >= 0.3 is 0 Å². The van der Waals surface area contributed by atoms with Crippen LogP contribution in [0.2, 0.25) is 0 Å². The predicted octanol–water partition coefficient (Wildman–Crippen LogP) is 2.19. The van der Waals surface area contributed by atoms with Gasteiger partial charge in [-0.25, -0.2) is 4.39 Å². The van der Waals surface area contributed by atoms with E-state index in [1.807, 2.05) is 26.2 Å². The van der Waals surface area contributed by atoms with Crippen LogP contribution in [0.5, 0.6) is 0 Å². The van der Waals surface area contributed by atoms with Gasteiger partial charge in [-0.15, -0.1) is 0 Å². The second-order valence-corrected chi connectivity index (χ2v) is 5.81. The second-order valence-electron chi connectivity index (χ2n) is 5.38. The van der Waals surface area contributed by atoms with Crippen LogP contribution in [0.3, 0.4) is 0 Å². The van der Waals surface area contributed by atoms with Crippen molar-refractivity contribution in [1.29, 1.82) is 0 Å². The third-order valence-electron chi connectivity index (χ3n) is 3.29. The Morgan fingerprint density at radius 2 is 2.33 bits per heavy atom. The number of aldehydes is 1. The normalized spacial score (nSPS) is 20.3. The third-order valence-corrected chi connectivity index (χ3v) is 3.49. The maximum absolute atomic E-state index is 12.9. The van der Waals surface area contributed by atoms with Crippen molar-refractivity contribution in [3.63, 3.8) is 0 Å². The van der Waals surface area contributed by atoms with Crippen LogP contribution in [-0.4, -0.2) is 44.9 Å². The number of allylic oxidation sites excluding steroid dienone is 2. The Hall–Kier alpha value is -1.92. The summed E-state index contributed by atoms with van der Waals surface area (Å²) in [4.78, 5) is 15.1. The molecule has 5 nitrogen and oxygen atoms in total. The fourth-order valence-corrected chi connectivity index (χ4v) is 2.20. The van der Waals surface area contributed by atoms with Crippen molar-refractivity contribution in [1.82, 2.24) is 16.0 Å². The highest BCUT2D eigenvalue weighted by Crippen LogP contribution is 2.11. The number of hydrogen-bond acceptors (Lipinski definition) is 5. The lowest BCUT2D eigenvalue weighted by Gasteiger charge is -2.20. The Bertz CT molecular complexity index is 579. The second kappa shape index (κ2) is 10.8. The molecule has 0 saturated carbocycles. The first-order valence-electron chi connectivity index (χ1n) is 7.67. The van der Waals surface area contributed by atoms with E-state index in [0.717, 1.165) is 11.3 Å². The molecule has 1 heterocycles. The summed E-state index contributed by atoms with van der Waals surface area (Å²) in [6.45, 7) is 3.93. The molecule has 0 radical (unpaired) electrons. The smallest absolute Gasteiger partial charge is 0.161 e. The number of nitrogens with one attached hydrogen (secondary N) is 3. The SMILES string of the molecule is CNC1C=CNC(C)=C1C=NCC(C=C(Cl)C=O)=CNCC(C)F. The fraction of sp³-hybridized carbons (Fsp3) is 0.412. The molecule has 1 rings (SSSR count). The van der Waals surface area contributed by atoms with Crippen LogP contribution in [-0.2, 0) is 4.79 Å². The van der Waals surface area contributed by atoms with E-state index in [9.17, 15) is 9.18 Å². The van der Waals surface area contributed by atoms with Gasteiger partial charge in [0.25, 0.3) is 0 Å². The predicted molar refractivity (Wildman–Crippen MR) is 97.8 cm³/mol. The Balaban J connectivity index is 2.81. The van der Waals surface area contributed by atoms with Gasteiger partial charge in [-0.1, -0.05) is 11.6 Å². The van der Waals surface area contributed by atoms with Gasteiger partial charge < -0.3 is 16.0 Å². The molecule has 0 aliphatic carbocycles. The molecule has 2 unspecified atom stereocenters. The minimum absolute atomic E-state index is 0.0670. The summed E-state index contributed by atoms with van der Waals surface area (Å²) in [7, 11) is 1.88. The summed E-state index contributed by atoms with van der Waals surface area (Å²) in [5.41, 5.74) is 2.72. The molecule has 2 atom stereocenters. The molecular weight excluding hydrogens is 331 g/mol. The highest BCUT2D eigenvalue weighted by Gasteiger charge is 2.13. The van der Waals surface area contributed by atoms with Crippen LogP contribution in [0, 0.1) is 0 Å². The van der Waals surface area contributed by atoms with E-state index in [-0.39, 0.29) is 17.6 Å². The van der Waals surface area contributed by atoms with Gasteiger partial charge in [0.15, 0.2) is 6.29 Å². The fourth-order valence-electron chi connectivity index (χ4n) is 2.06.